The number of anilines is 1. The predicted molar refractivity (Wildman–Crippen MR) is 67.8 cm³/mol. The van der Waals surface area contributed by atoms with Crippen molar-refractivity contribution in [1.82, 2.24) is 9.36 Å². The number of hydrogen-bond acceptors (Lipinski definition) is 5. The minimum atomic E-state index is 0.481. The Morgan fingerprint density at radius 1 is 1.41 bits per heavy atom. The van der Waals surface area contributed by atoms with Gasteiger partial charge in [-0.1, -0.05) is 11.6 Å². The Labute approximate surface area is 108 Å². The van der Waals surface area contributed by atoms with Crippen LogP contribution >= 0.6 is 23.1 Å². The number of benzene rings is 1. The van der Waals surface area contributed by atoms with E-state index in [4.69, 9.17) is 22.1 Å². The van der Waals surface area contributed by atoms with Crippen LogP contribution in [0, 0.1) is 0 Å². The summed E-state index contributed by atoms with van der Waals surface area (Å²) in [5.41, 5.74) is 6.16. The third-order valence-corrected chi connectivity index (χ3v) is 3.48. The van der Waals surface area contributed by atoms with Crippen molar-refractivity contribution in [2.24, 2.45) is 0 Å². The molecular weight excluding hydrogens is 258 g/mol. The Bertz CT molecular complexity index is 553. The number of nitrogen functional groups attached to an aromatic ring is 1. The van der Waals surface area contributed by atoms with Crippen LogP contribution in [0.3, 0.4) is 0 Å². The molecule has 1 heterocycles. The quantitative estimate of drug-likeness (QED) is 0.866. The fourth-order valence-corrected chi connectivity index (χ4v) is 2.24. The minimum absolute atomic E-state index is 0.481. The summed E-state index contributed by atoms with van der Waals surface area (Å²) in [6, 6.07) is 5.15. The molecule has 88 valence electrons. The minimum Gasteiger partial charge on any atom is -0.430 e. The SMILES string of the molecule is Nc1ccc(Oc2nc(C3CC3)ns2)cc1Cl. The third kappa shape index (κ3) is 2.35. The molecule has 0 unspecified atom stereocenters. The Kier molecular flexibility index (Phi) is 2.64. The van der Waals surface area contributed by atoms with Crippen LogP contribution in [0.1, 0.15) is 24.6 Å². The zero-order valence-corrected chi connectivity index (χ0v) is 10.5. The van der Waals surface area contributed by atoms with Crippen molar-refractivity contribution in [3.05, 3.63) is 29.0 Å². The standard InChI is InChI=1S/C11H10ClN3OS/c12-8-5-7(3-4-9(8)13)16-11-14-10(15-17-11)6-1-2-6/h3-6H,1-2,13H2. The molecule has 2 N–H and O–H groups in total. The maximum atomic E-state index is 5.91. The molecule has 1 fully saturated rings. The molecule has 1 aliphatic rings. The van der Waals surface area contributed by atoms with Crippen molar-refractivity contribution < 1.29 is 4.74 Å². The monoisotopic (exact) mass is 267 g/mol. The fourth-order valence-electron chi connectivity index (χ4n) is 1.44. The molecule has 0 amide bonds. The lowest BCUT2D eigenvalue weighted by molar-refractivity contribution is 0.477. The van der Waals surface area contributed by atoms with Crippen molar-refractivity contribution in [2.45, 2.75) is 18.8 Å². The van der Waals surface area contributed by atoms with Gasteiger partial charge < -0.3 is 10.5 Å². The number of ether oxygens (including phenoxy) is 1. The van der Waals surface area contributed by atoms with Gasteiger partial charge >= 0.3 is 0 Å². The van der Waals surface area contributed by atoms with E-state index < -0.39 is 0 Å². The van der Waals surface area contributed by atoms with E-state index >= 15 is 0 Å². The molecule has 4 nitrogen and oxygen atoms in total. The van der Waals surface area contributed by atoms with Crippen LogP contribution < -0.4 is 10.5 Å². The van der Waals surface area contributed by atoms with Gasteiger partial charge in [-0.25, -0.2) is 0 Å². The predicted octanol–water partition coefficient (Wildman–Crippen LogP) is 3.44. The molecule has 0 radical (unpaired) electrons. The maximum Gasteiger partial charge on any atom is 0.298 e. The van der Waals surface area contributed by atoms with E-state index in [-0.39, 0.29) is 0 Å². The van der Waals surface area contributed by atoms with Gasteiger partial charge in [0, 0.05) is 23.5 Å². The highest BCUT2D eigenvalue weighted by atomic mass is 35.5. The van der Waals surface area contributed by atoms with Crippen LogP contribution in [-0.4, -0.2) is 9.36 Å². The van der Waals surface area contributed by atoms with Crippen LogP contribution in [-0.2, 0) is 0 Å². The first-order valence-electron chi connectivity index (χ1n) is 5.29. The van der Waals surface area contributed by atoms with Crippen molar-refractivity contribution in [3.8, 4) is 10.9 Å². The van der Waals surface area contributed by atoms with Crippen LogP contribution in [0.2, 0.25) is 5.02 Å². The first-order chi connectivity index (χ1) is 8.22. The topological polar surface area (TPSA) is 61.0 Å². The van der Waals surface area contributed by atoms with Gasteiger partial charge in [0.25, 0.3) is 5.19 Å². The first-order valence-corrected chi connectivity index (χ1v) is 6.44. The van der Waals surface area contributed by atoms with Crippen molar-refractivity contribution >= 4 is 28.8 Å². The summed E-state index contributed by atoms with van der Waals surface area (Å²) in [6.45, 7) is 0. The number of rotatable bonds is 3. The molecule has 2 aromatic rings. The fraction of sp³-hybridized carbons (Fsp3) is 0.273. The molecule has 17 heavy (non-hydrogen) atoms. The van der Waals surface area contributed by atoms with Crippen LogP contribution in [0.4, 0.5) is 5.69 Å². The van der Waals surface area contributed by atoms with Gasteiger partial charge in [0.15, 0.2) is 0 Å². The molecule has 6 heteroatoms. The lowest BCUT2D eigenvalue weighted by Gasteiger charge is -2.02. The summed E-state index contributed by atoms with van der Waals surface area (Å²) in [7, 11) is 0. The molecule has 1 aliphatic carbocycles. The van der Waals surface area contributed by atoms with Crippen molar-refractivity contribution in [1.29, 1.82) is 0 Å². The average molecular weight is 268 g/mol. The number of nitrogens with two attached hydrogens (primary N) is 1. The highest BCUT2D eigenvalue weighted by Gasteiger charge is 2.28. The lowest BCUT2D eigenvalue weighted by Crippen LogP contribution is -1.88. The van der Waals surface area contributed by atoms with Gasteiger partial charge in [-0.2, -0.15) is 9.36 Å². The number of halogens is 1. The van der Waals surface area contributed by atoms with Gasteiger partial charge in [-0.3, -0.25) is 0 Å². The normalized spacial score (nSPS) is 14.9. The van der Waals surface area contributed by atoms with Gasteiger partial charge in [-0.05, 0) is 25.0 Å². The summed E-state index contributed by atoms with van der Waals surface area (Å²) in [5.74, 6) is 2.06. The zero-order valence-electron chi connectivity index (χ0n) is 8.89. The second kappa shape index (κ2) is 4.16. The van der Waals surface area contributed by atoms with E-state index in [9.17, 15) is 0 Å². The van der Waals surface area contributed by atoms with Crippen LogP contribution in [0.5, 0.6) is 10.9 Å². The number of hydrogen-bond donors (Lipinski definition) is 1. The molecule has 0 aliphatic heterocycles. The van der Waals surface area contributed by atoms with Gasteiger partial charge in [0.05, 0.1) is 10.7 Å². The smallest absolute Gasteiger partial charge is 0.298 e. The first kappa shape index (κ1) is 10.8. The highest BCUT2D eigenvalue weighted by Crippen LogP contribution is 2.40. The molecule has 1 saturated carbocycles. The summed E-state index contributed by atoms with van der Waals surface area (Å²) in [5, 5.41) is 1.03. The zero-order chi connectivity index (χ0) is 11.8. The second-order valence-electron chi connectivity index (χ2n) is 3.98. The van der Waals surface area contributed by atoms with Gasteiger partial charge in [0.1, 0.15) is 11.6 Å². The second-order valence-corrected chi connectivity index (χ2v) is 5.10. The van der Waals surface area contributed by atoms with Crippen molar-refractivity contribution in [3.63, 3.8) is 0 Å². The Balaban J connectivity index is 1.78. The van der Waals surface area contributed by atoms with E-state index in [0.29, 0.717) is 27.6 Å². The number of aromatic nitrogens is 2. The Hall–Kier alpha value is -1.33. The highest BCUT2D eigenvalue weighted by molar-refractivity contribution is 7.07. The molecule has 0 atom stereocenters. The molecule has 0 bridgehead atoms. The Morgan fingerprint density at radius 3 is 2.94 bits per heavy atom. The molecule has 1 aromatic carbocycles. The van der Waals surface area contributed by atoms with E-state index in [1.54, 1.807) is 18.2 Å². The summed E-state index contributed by atoms with van der Waals surface area (Å²) in [6.07, 6.45) is 2.37. The Morgan fingerprint density at radius 2 is 2.24 bits per heavy atom. The molecule has 3 rings (SSSR count). The molecule has 1 aromatic heterocycles. The third-order valence-electron chi connectivity index (χ3n) is 2.54. The lowest BCUT2D eigenvalue weighted by atomic mass is 10.3. The molecule has 0 saturated heterocycles. The van der Waals surface area contributed by atoms with Crippen molar-refractivity contribution in [2.75, 3.05) is 5.73 Å². The van der Waals surface area contributed by atoms with E-state index in [2.05, 4.69) is 9.36 Å². The summed E-state index contributed by atoms with van der Waals surface area (Å²) < 4.78 is 9.84. The summed E-state index contributed by atoms with van der Waals surface area (Å²) in [4.78, 5) is 4.33. The number of nitrogens with zero attached hydrogens (tertiary/aromatic N) is 2. The van der Waals surface area contributed by atoms with Gasteiger partial charge in [-0.15, -0.1) is 0 Å². The molecular formula is C11H10ClN3OS. The van der Waals surface area contributed by atoms with E-state index in [1.165, 1.54) is 24.4 Å². The van der Waals surface area contributed by atoms with E-state index in [0.717, 1.165) is 5.82 Å². The van der Waals surface area contributed by atoms with E-state index in [1.807, 2.05) is 0 Å². The summed E-state index contributed by atoms with van der Waals surface area (Å²) >= 11 is 7.17. The van der Waals surface area contributed by atoms with Crippen LogP contribution in [0.15, 0.2) is 18.2 Å². The van der Waals surface area contributed by atoms with Crippen LogP contribution in [0.25, 0.3) is 0 Å². The van der Waals surface area contributed by atoms with Gasteiger partial charge in [0.2, 0.25) is 0 Å². The average Bonchev–Trinajstić information content (AvgIpc) is 3.06. The molecule has 0 spiro atoms. The maximum absolute atomic E-state index is 5.91. The largest absolute Gasteiger partial charge is 0.430 e.